The Morgan fingerprint density at radius 3 is 2.16 bits per heavy atom. The van der Waals surface area contributed by atoms with Crippen LogP contribution in [0.5, 0.6) is 0 Å². The van der Waals surface area contributed by atoms with Crippen LogP contribution in [0.4, 0.5) is 0 Å². The molecule has 0 bridgehead atoms. The molecule has 0 saturated heterocycles. The summed E-state index contributed by atoms with van der Waals surface area (Å²) in [5.41, 5.74) is 6.13. The van der Waals surface area contributed by atoms with Crippen molar-refractivity contribution >= 4 is 48.9 Å². The van der Waals surface area contributed by atoms with E-state index in [1.165, 1.54) is 60.5 Å². The normalized spacial score (nSPS) is 13.5. The van der Waals surface area contributed by atoms with Gasteiger partial charge in [-0.2, -0.15) is 0 Å². The molecule has 267 valence electrons. The summed E-state index contributed by atoms with van der Waals surface area (Å²) < 4.78 is 0. The van der Waals surface area contributed by atoms with Crippen LogP contribution in [0.25, 0.3) is 54.3 Å². The second kappa shape index (κ2) is 15.8. The first-order chi connectivity index (χ1) is 24.0. The van der Waals surface area contributed by atoms with E-state index in [2.05, 4.69) is 107 Å². The molecule has 6 aromatic rings. The van der Waals surface area contributed by atoms with Crippen LogP contribution in [0.15, 0.2) is 90.8 Å². The molecule has 1 aliphatic carbocycles. The number of hydrogen-bond acceptors (Lipinski definition) is 3. The Morgan fingerprint density at radius 1 is 0.784 bits per heavy atom. The fourth-order valence-corrected chi connectivity index (χ4v) is 8.01. The van der Waals surface area contributed by atoms with Gasteiger partial charge in [-0.3, -0.25) is 9.78 Å². The molecule has 3 nitrogen and oxygen atoms in total. The summed E-state index contributed by atoms with van der Waals surface area (Å²) in [5, 5.41) is 20.0. The second-order valence-corrected chi connectivity index (χ2v) is 15.1. The molecular weight excluding hydrogens is 803 g/mol. The minimum Gasteiger partial charge on any atom is -0.512 e. The van der Waals surface area contributed by atoms with Gasteiger partial charge in [0.2, 0.25) is 0 Å². The summed E-state index contributed by atoms with van der Waals surface area (Å²) >= 11 is 0. The van der Waals surface area contributed by atoms with Crippen LogP contribution >= 0.6 is 0 Å². The molecule has 0 amide bonds. The van der Waals surface area contributed by atoms with Gasteiger partial charge < -0.3 is 5.11 Å². The number of allylic oxidation sites excluding steroid dienone is 2. The molecule has 5 aromatic carbocycles. The Balaban J connectivity index is 0.000000271. The van der Waals surface area contributed by atoms with Crippen LogP contribution in [-0.4, -0.2) is 15.9 Å². The van der Waals surface area contributed by atoms with E-state index in [0.717, 1.165) is 48.7 Å². The molecule has 1 radical (unpaired) electrons. The fourth-order valence-electron chi connectivity index (χ4n) is 8.01. The van der Waals surface area contributed by atoms with E-state index >= 15 is 0 Å². The summed E-state index contributed by atoms with van der Waals surface area (Å²) in [6, 6.07) is 30.9. The third-order valence-corrected chi connectivity index (χ3v) is 11.0. The first kappa shape index (κ1) is 38.4. The summed E-state index contributed by atoms with van der Waals surface area (Å²) in [6.07, 6.45) is 7.98. The number of pyridine rings is 1. The summed E-state index contributed by atoms with van der Waals surface area (Å²) in [7, 11) is 0. The average Bonchev–Trinajstić information content (AvgIpc) is 3.10. The topological polar surface area (TPSA) is 50.2 Å². The average molecular weight is 855 g/mol. The second-order valence-electron chi connectivity index (χ2n) is 15.1. The van der Waals surface area contributed by atoms with Crippen LogP contribution in [0.2, 0.25) is 0 Å². The molecule has 0 unspecified atom stereocenters. The van der Waals surface area contributed by atoms with E-state index < -0.39 is 0 Å². The number of carbonyl (C=O) groups excluding carboxylic acids is 1. The summed E-state index contributed by atoms with van der Waals surface area (Å²) in [5.74, 6) is 1.19. The molecule has 0 spiro atoms. The number of fused-ring (bicyclic) bond motifs is 7. The van der Waals surface area contributed by atoms with Crippen LogP contribution in [0.3, 0.4) is 0 Å². The van der Waals surface area contributed by atoms with Crippen LogP contribution in [-0.2, 0) is 36.7 Å². The first-order valence-corrected chi connectivity index (χ1v) is 18.7. The number of rotatable bonds is 9. The van der Waals surface area contributed by atoms with Crippen molar-refractivity contribution in [3.8, 4) is 11.3 Å². The molecule has 7 rings (SSSR count). The maximum Gasteiger partial charge on any atom is 0.162 e. The zero-order valence-corrected chi connectivity index (χ0v) is 33.9. The monoisotopic (exact) mass is 855 g/mol. The Labute approximate surface area is 317 Å². The molecule has 0 fully saturated rings. The Bertz CT molecular complexity index is 2240. The number of aromatic nitrogens is 1. The van der Waals surface area contributed by atoms with Gasteiger partial charge in [0.25, 0.3) is 0 Å². The number of benzene rings is 5. The van der Waals surface area contributed by atoms with Gasteiger partial charge in [-0.25, -0.2) is 0 Å². The Morgan fingerprint density at radius 2 is 1.47 bits per heavy atom. The van der Waals surface area contributed by atoms with E-state index in [9.17, 15) is 9.90 Å². The van der Waals surface area contributed by atoms with Gasteiger partial charge in [0, 0.05) is 49.9 Å². The van der Waals surface area contributed by atoms with Crippen molar-refractivity contribution in [1.29, 1.82) is 0 Å². The van der Waals surface area contributed by atoms with Crippen LogP contribution in [0, 0.1) is 23.8 Å². The van der Waals surface area contributed by atoms with E-state index in [4.69, 9.17) is 4.98 Å². The van der Waals surface area contributed by atoms with E-state index in [1.54, 1.807) is 0 Å². The molecular formula is C47H52IrNO2-. The minimum absolute atomic E-state index is 0. The van der Waals surface area contributed by atoms with Crippen molar-refractivity contribution in [2.45, 2.75) is 92.9 Å². The van der Waals surface area contributed by atoms with Crippen molar-refractivity contribution in [3.63, 3.8) is 0 Å². The third kappa shape index (κ3) is 7.28. The van der Waals surface area contributed by atoms with Gasteiger partial charge >= 0.3 is 0 Å². The standard InChI is InChI=1S/C34H28N.C13H24O2.Ir/c1-20(2)15-21-9-10-22-11-12-25-26-13-14-35-33-29-17-23-7-5-6-8-24(23)18-30(29)34(3,4)31(32(26)33)19-28(25)27(22)16-21;1-5-10(6-2)12(14)9-13(15)11(7-3)8-4;/h5-14,16,18-20H,15H2,1-4H3;9-11,14H,5-8H2,1-4H3;/q-1;;/b;12-9-;. The number of aliphatic hydroxyl groups excluding tert-OH is 1. The van der Waals surface area contributed by atoms with Crippen molar-refractivity contribution in [1.82, 2.24) is 4.98 Å². The largest absolute Gasteiger partial charge is 0.512 e. The van der Waals surface area contributed by atoms with E-state index in [1.807, 2.05) is 33.9 Å². The molecule has 0 atom stereocenters. The van der Waals surface area contributed by atoms with Crippen LogP contribution < -0.4 is 0 Å². The molecule has 0 saturated carbocycles. The van der Waals surface area contributed by atoms with Crippen molar-refractivity contribution in [3.05, 3.63) is 114 Å². The zero-order valence-electron chi connectivity index (χ0n) is 31.5. The molecule has 0 aliphatic heterocycles. The van der Waals surface area contributed by atoms with Gasteiger partial charge in [-0.15, -0.1) is 23.6 Å². The summed E-state index contributed by atoms with van der Waals surface area (Å²) in [6.45, 7) is 17.4. The molecule has 1 aromatic heterocycles. The van der Waals surface area contributed by atoms with Gasteiger partial charge in [-0.1, -0.05) is 127 Å². The first-order valence-electron chi connectivity index (χ1n) is 18.7. The zero-order chi connectivity index (χ0) is 35.7. The molecule has 1 aliphatic rings. The maximum atomic E-state index is 11.7. The molecule has 4 heteroatoms. The fraction of sp³-hybridized carbons (Fsp3) is 0.362. The quantitative estimate of drug-likeness (QED) is 0.0682. The predicted molar refractivity (Wildman–Crippen MR) is 213 cm³/mol. The molecule has 1 N–H and O–H groups in total. The number of nitrogens with zero attached hydrogens (tertiary/aromatic N) is 1. The van der Waals surface area contributed by atoms with Gasteiger partial charge in [0.1, 0.15) is 0 Å². The number of carbonyl (C=O) groups is 1. The van der Waals surface area contributed by atoms with E-state index in [-0.39, 0.29) is 48.9 Å². The van der Waals surface area contributed by atoms with Crippen molar-refractivity contribution in [2.24, 2.45) is 17.8 Å². The van der Waals surface area contributed by atoms with Crippen molar-refractivity contribution in [2.75, 3.05) is 0 Å². The Hall–Kier alpha value is -3.85. The number of hydrogen-bond donors (Lipinski definition) is 1. The van der Waals surface area contributed by atoms with Crippen molar-refractivity contribution < 1.29 is 30.0 Å². The number of aliphatic hydroxyl groups is 1. The molecule has 1 heterocycles. The number of ketones is 1. The van der Waals surface area contributed by atoms with E-state index in [0.29, 0.717) is 5.92 Å². The maximum absolute atomic E-state index is 11.7. The Kier molecular flexibility index (Phi) is 11.9. The molecule has 51 heavy (non-hydrogen) atoms. The minimum atomic E-state index is -0.157. The SMILES string of the molecule is CC(C)Cc1ccc2ccc3c4ccnc5c4c(cc3c2c1)C(C)(C)c1cc2ccccc2[c-]c1-5.CCC(CC)C(=O)/C=C(\O)C(CC)CC.[Ir]. The van der Waals surface area contributed by atoms with Gasteiger partial charge in [-0.05, 0) is 92.9 Å². The predicted octanol–water partition coefficient (Wildman–Crippen LogP) is 12.9. The smallest absolute Gasteiger partial charge is 0.162 e. The third-order valence-electron chi connectivity index (χ3n) is 11.0. The summed E-state index contributed by atoms with van der Waals surface area (Å²) in [4.78, 5) is 16.7. The van der Waals surface area contributed by atoms with Gasteiger partial charge in [0.15, 0.2) is 5.78 Å². The van der Waals surface area contributed by atoms with Crippen LogP contribution in [0.1, 0.15) is 97.8 Å². The van der Waals surface area contributed by atoms with Gasteiger partial charge in [0.05, 0.1) is 5.76 Å².